The third-order valence-corrected chi connectivity index (χ3v) is 3.49. The van der Waals surface area contributed by atoms with Gasteiger partial charge in [-0.3, -0.25) is 4.99 Å². The Bertz CT molecular complexity index is 646. The summed E-state index contributed by atoms with van der Waals surface area (Å²) in [7, 11) is 2.01. The van der Waals surface area contributed by atoms with E-state index in [1.807, 2.05) is 25.2 Å². The maximum absolute atomic E-state index is 5.98. The molecule has 100 valence electrons. The molecule has 0 radical (unpaired) electrons. The first-order chi connectivity index (χ1) is 9.13. The monoisotopic (exact) mass is 277 g/mol. The number of fused-ring (bicyclic) bond motifs is 1. The van der Waals surface area contributed by atoms with Crippen LogP contribution in [-0.4, -0.2) is 28.1 Å². The van der Waals surface area contributed by atoms with Crippen molar-refractivity contribution in [3.05, 3.63) is 29.0 Å². The first-order valence-electron chi connectivity index (χ1n) is 6.29. The van der Waals surface area contributed by atoms with Gasteiger partial charge < -0.3 is 15.2 Å². The molecule has 2 N–H and O–H groups in total. The zero-order valence-corrected chi connectivity index (χ0v) is 11.7. The highest BCUT2D eigenvalue weighted by Gasteiger charge is 2.13. The molecule has 6 heteroatoms. The summed E-state index contributed by atoms with van der Waals surface area (Å²) in [5.74, 6) is 1.80. The topological polar surface area (TPSA) is 54.2 Å². The molecule has 1 atom stereocenters. The fraction of sp³-hybridized carbons (Fsp3) is 0.385. The Labute approximate surface area is 116 Å². The van der Waals surface area contributed by atoms with Gasteiger partial charge in [0.15, 0.2) is 5.96 Å². The maximum Gasteiger partial charge on any atom is 0.191 e. The molecule has 0 bridgehead atoms. The minimum absolute atomic E-state index is 0.404. The minimum Gasteiger partial charge on any atom is -0.352 e. The smallest absolute Gasteiger partial charge is 0.191 e. The molecule has 3 rings (SSSR count). The van der Waals surface area contributed by atoms with Crippen LogP contribution in [0.1, 0.15) is 12.7 Å². The van der Waals surface area contributed by atoms with Crippen molar-refractivity contribution >= 4 is 28.6 Å². The van der Waals surface area contributed by atoms with Crippen molar-refractivity contribution in [2.45, 2.75) is 19.5 Å². The Morgan fingerprint density at radius 2 is 2.37 bits per heavy atom. The zero-order chi connectivity index (χ0) is 13.4. The molecular formula is C13H16ClN5. The zero-order valence-electron chi connectivity index (χ0n) is 10.9. The fourth-order valence-electron chi connectivity index (χ4n) is 2.20. The highest BCUT2D eigenvalue weighted by atomic mass is 35.5. The van der Waals surface area contributed by atoms with Crippen LogP contribution in [0.3, 0.4) is 0 Å². The van der Waals surface area contributed by atoms with Crippen LogP contribution < -0.4 is 10.6 Å². The van der Waals surface area contributed by atoms with Gasteiger partial charge >= 0.3 is 0 Å². The highest BCUT2D eigenvalue weighted by Crippen LogP contribution is 2.19. The van der Waals surface area contributed by atoms with Crippen LogP contribution in [0.4, 0.5) is 0 Å². The molecule has 0 saturated heterocycles. The summed E-state index contributed by atoms with van der Waals surface area (Å²) >= 11 is 5.98. The quantitative estimate of drug-likeness (QED) is 0.878. The largest absolute Gasteiger partial charge is 0.352 e. The summed E-state index contributed by atoms with van der Waals surface area (Å²) in [4.78, 5) is 8.95. The predicted octanol–water partition coefficient (Wildman–Crippen LogP) is 1.66. The molecule has 0 spiro atoms. The summed E-state index contributed by atoms with van der Waals surface area (Å²) in [5, 5.41) is 7.24. The van der Waals surface area contributed by atoms with Crippen molar-refractivity contribution in [2.24, 2.45) is 12.0 Å². The molecular weight excluding hydrogens is 262 g/mol. The molecule has 19 heavy (non-hydrogen) atoms. The summed E-state index contributed by atoms with van der Waals surface area (Å²) in [6, 6.07) is 6.16. The second-order valence-electron chi connectivity index (χ2n) is 4.81. The van der Waals surface area contributed by atoms with E-state index in [2.05, 4.69) is 32.1 Å². The predicted molar refractivity (Wildman–Crippen MR) is 77.5 cm³/mol. The van der Waals surface area contributed by atoms with Gasteiger partial charge in [0.05, 0.1) is 24.1 Å². The number of hydrogen-bond donors (Lipinski definition) is 2. The van der Waals surface area contributed by atoms with Crippen molar-refractivity contribution in [2.75, 3.05) is 6.54 Å². The number of aromatic nitrogens is 2. The van der Waals surface area contributed by atoms with Crippen LogP contribution in [0, 0.1) is 0 Å². The summed E-state index contributed by atoms with van der Waals surface area (Å²) < 4.78 is 2.07. The molecule has 1 aromatic heterocycles. The molecule has 1 unspecified atom stereocenters. The number of aryl methyl sites for hydroxylation is 1. The Hall–Kier alpha value is -1.75. The van der Waals surface area contributed by atoms with E-state index < -0.39 is 0 Å². The number of rotatable bonds is 2. The number of guanidine groups is 1. The normalized spacial score (nSPS) is 18.5. The molecule has 0 fully saturated rings. The number of imidazole rings is 1. The van der Waals surface area contributed by atoms with Gasteiger partial charge in [-0.05, 0) is 25.1 Å². The van der Waals surface area contributed by atoms with Gasteiger partial charge in [0.1, 0.15) is 5.82 Å². The second-order valence-corrected chi connectivity index (χ2v) is 5.24. The number of nitrogens with zero attached hydrogens (tertiary/aromatic N) is 3. The second kappa shape index (κ2) is 4.74. The van der Waals surface area contributed by atoms with Crippen molar-refractivity contribution < 1.29 is 0 Å². The number of benzene rings is 1. The molecule has 0 amide bonds. The molecule has 2 heterocycles. The van der Waals surface area contributed by atoms with E-state index in [0.29, 0.717) is 17.6 Å². The first-order valence-corrected chi connectivity index (χ1v) is 6.67. The van der Waals surface area contributed by atoms with Gasteiger partial charge in [0.25, 0.3) is 0 Å². The van der Waals surface area contributed by atoms with E-state index in [9.17, 15) is 0 Å². The lowest BCUT2D eigenvalue weighted by atomic mass is 10.3. The number of nitrogens with one attached hydrogen (secondary N) is 2. The van der Waals surface area contributed by atoms with Crippen LogP contribution in [0.5, 0.6) is 0 Å². The Balaban J connectivity index is 1.79. The molecule has 2 aromatic rings. The van der Waals surface area contributed by atoms with Gasteiger partial charge in [-0.25, -0.2) is 4.98 Å². The van der Waals surface area contributed by atoms with Crippen molar-refractivity contribution in [3.63, 3.8) is 0 Å². The summed E-state index contributed by atoms with van der Waals surface area (Å²) in [5.41, 5.74) is 2.00. The molecule has 5 nitrogen and oxygen atoms in total. The minimum atomic E-state index is 0.404. The van der Waals surface area contributed by atoms with Crippen LogP contribution >= 0.6 is 11.6 Å². The van der Waals surface area contributed by atoms with E-state index in [1.54, 1.807) is 0 Å². The van der Waals surface area contributed by atoms with Gasteiger partial charge in [-0.1, -0.05) is 11.6 Å². The van der Waals surface area contributed by atoms with Crippen LogP contribution in [0.15, 0.2) is 23.2 Å². The van der Waals surface area contributed by atoms with Crippen LogP contribution in [0.2, 0.25) is 5.02 Å². The number of hydrogen-bond acceptors (Lipinski definition) is 4. The Kier molecular flexibility index (Phi) is 3.06. The molecule has 1 aromatic carbocycles. The molecule has 1 aliphatic rings. The Morgan fingerprint density at radius 1 is 1.53 bits per heavy atom. The van der Waals surface area contributed by atoms with Crippen LogP contribution in [0.25, 0.3) is 11.0 Å². The maximum atomic E-state index is 5.98. The van der Waals surface area contributed by atoms with Gasteiger partial charge in [0, 0.05) is 18.1 Å². The lowest BCUT2D eigenvalue weighted by Gasteiger charge is -2.08. The average molecular weight is 278 g/mol. The molecule has 0 aliphatic carbocycles. The van der Waals surface area contributed by atoms with E-state index in [-0.39, 0.29) is 0 Å². The third-order valence-electron chi connectivity index (χ3n) is 3.26. The number of halogens is 1. The lowest BCUT2D eigenvalue weighted by Crippen LogP contribution is -2.37. The average Bonchev–Trinajstić information content (AvgIpc) is 2.91. The molecule has 1 aliphatic heterocycles. The van der Waals surface area contributed by atoms with Crippen molar-refractivity contribution in [1.29, 1.82) is 0 Å². The van der Waals surface area contributed by atoms with Crippen molar-refractivity contribution in [3.8, 4) is 0 Å². The summed E-state index contributed by atoms with van der Waals surface area (Å²) in [6.45, 7) is 3.57. The molecule has 0 saturated carbocycles. The number of aliphatic imine (C=N–C) groups is 1. The van der Waals surface area contributed by atoms with E-state index in [0.717, 1.165) is 29.4 Å². The Morgan fingerprint density at radius 3 is 3.11 bits per heavy atom. The van der Waals surface area contributed by atoms with Crippen molar-refractivity contribution in [1.82, 2.24) is 20.2 Å². The van der Waals surface area contributed by atoms with Crippen LogP contribution in [-0.2, 0) is 13.6 Å². The third kappa shape index (κ3) is 2.38. The van der Waals surface area contributed by atoms with E-state index >= 15 is 0 Å². The fourth-order valence-corrected chi connectivity index (χ4v) is 2.37. The summed E-state index contributed by atoms with van der Waals surface area (Å²) in [6.07, 6.45) is 0. The van der Waals surface area contributed by atoms with E-state index in [1.165, 1.54) is 0 Å². The first kappa shape index (κ1) is 12.3. The van der Waals surface area contributed by atoms with Gasteiger partial charge in [0.2, 0.25) is 0 Å². The SMILES string of the molecule is CC1CN=C(NCc2nc3cc(Cl)ccc3n2C)N1. The highest BCUT2D eigenvalue weighted by molar-refractivity contribution is 6.31. The van der Waals surface area contributed by atoms with Gasteiger partial charge in [-0.2, -0.15) is 0 Å². The van der Waals surface area contributed by atoms with E-state index in [4.69, 9.17) is 11.6 Å². The standard InChI is InChI=1S/C13H16ClN5/c1-8-6-15-13(17-8)16-7-12-18-10-5-9(14)3-4-11(10)19(12)2/h3-5,8H,6-7H2,1-2H3,(H2,15,16,17). The van der Waals surface area contributed by atoms with Gasteiger partial charge in [-0.15, -0.1) is 0 Å². The lowest BCUT2D eigenvalue weighted by molar-refractivity contribution is 0.702.